The van der Waals surface area contributed by atoms with E-state index in [4.69, 9.17) is 21.1 Å². The van der Waals surface area contributed by atoms with Gasteiger partial charge in [0.05, 0.1) is 48.3 Å². The van der Waals surface area contributed by atoms with E-state index in [1.54, 1.807) is 18.5 Å². The van der Waals surface area contributed by atoms with E-state index < -0.39 is 11.6 Å². The number of halogens is 1. The number of aromatic amines is 1. The number of nitrogens with one attached hydrogen (secondary N) is 2. The second-order valence-corrected chi connectivity index (χ2v) is 10.2. The lowest BCUT2D eigenvalue weighted by Crippen LogP contribution is -2.60. The molecule has 1 aromatic carbocycles. The number of benzene rings is 1. The van der Waals surface area contributed by atoms with Crippen LogP contribution in [0.15, 0.2) is 30.6 Å². The summed E-state index contributed by atoms with van der Waals surface area (Å²) in [4.78, 5) is 37.9. The molecule has 2 aromatic heterocycles. The largest absolute Gasteiger partial charge is 0.380 e. The van der Waals surface area contributed by atoms with Gasteiger partial charge in [0.1, 0.15) is 6.04 Å². The van der Waals surface area contributed by atoms with E-state index in [9.17, 15) is 9.59 Å². The zero-order chi connectivity index (χ0) is 24.6. The maximum atomic E-state index is 13.5. The van der Waals surface area contributed by atoms with Crippen LogP contribution in [0.1, 0.15) is 20.3 Å². The number of hydrogen-bond donors (Lipinski definition) is 2. The number of hydrogen-bond acceptors (Lipinski definition) is 6. The highest BCUT2D eigenvalue weighted by Crippen LogP contribution is 2.33. The normalized spacial score (nSPS) is 21.2. The zero-order valence-electron chi connectivity index (χ0n) is 20.0. The fraction of sp³-hybridized carbons (Fsp3) is 0.480. The van der Waals surface area contributed by atoms with Crippen LogP contribution in [-0.2, 0) is 19.1 Å². The van der Waals surface area contributed by atoms with Crippen LogP contribution in [0, 0.1) is 0 Å². The monoisotopic (exact) mass is 499 g/mol. The quantitative estimate of drug-likeness (QED) is 0.572. The number of fused-ring (bicyclic) bond motifs is 3. The van der Waals surface area contributed by atoms with Crippen molar-refractivity contribution in [2.24, 2.45) is 0 Å². The molecule has 0 radical (unpaired) electrons. The van der Waals surface area contributed by atoms with Crippen molar-refractivity contribution in [3.05, 3.63) is 35.6 Å². The van der Waals surface area contributed by atoms with E-state index in [0.29, 0.717) is 43.6 Å². The molecule has 35 heavy (non-hydrogen) atoms. The fourth-order valence-corrected chi connectivity index (χ4v) is 5.08. The third-order valence-electron chi connectivity index (χ3n) is 6.60. The lowest BCUT2D eigenvalue weighted by molar-refractivity contribution is -0.150. The van der Waals surface area contributed by atoms with Gasteiger partial charge in [0.25, 0.3) is 0 Å². The fourth-order valence-electron chi connectivity index (χ4n) is 4.86. The topological polar surface area (TPSA) is 99.8 Å². The summed E-state index contributed by atoms with van der Waals surface area (Å²) in [5, 5.41) is 5.43. The van der Waals surface area contributed by atoms with E-state index >= 15 is 0 Å². The van der Waals surface area contributed by atoms with Crippen LogP contribution in [0.5, 0.6) is 0 Å². The number of pyridine rings is 1. The van der Waals surface area contributed by atoms with Crippen LogP contribution < -0.4 is 5.32 Å². The van der Waals surface area contributed by atoms with Gasteiger partial charge in [-0.05, 0) is 38.5 Å². The standard InChI is InChI=1S/C25H30ClN5O4/c1-25(2)15-31(13-22(32)30-6-3-8-34-9-7-30)21(14-35-25)24(33)29-19-11-16(26)10-18-17-4-5-27-12-20(17)28-23(18)19/h4-5,10-12,21,28H,3,6-9,13-15H2,1-2H3,(H,29,33)/t21-/m0/s1. The first-order valence-corrected chi connectivity index (χ1v) is 12.3. The van der Waals surface area contributed by atoms with Crippen molar-refractivity contribution in [3.8, 4) is 0 Å². The number of rotatable bonds is 4. The van der Waals surface area contributed by atoms with E-state index in [0.717, 1.165) is 28.2 Å². The number of H-pyrrole nitrogens is 1. The Morgan fingerprint density at radius 1 is 1.26 bits per heavy atom. The molecule has 0 aliphatic carbocycles. The van der Waals surface area contributed by atoms with Crippen LogP contribution in [-0.4, -0.2) is 89.2 Å². The molecule has 2 fully saturated rings. The average Bonchev–Trinajstić information content (AvgIpc) is 2.98. The molecule has 0 unspecified atom stereocenters. The number of anilines is 1. The smallest absolute Gasteiger partial charge is 0.244 e. The van der Waals surface area contributed by atoms with Gasteiger partial charge in [0.15, 0.2) is 0 Å². The molecule has 10 heteroatoms. The van der Waals surface area contributed by atoms with Crippen LogP contribution in [0.3, 0.4) is 0 Å². The summed E-state index contributed by atoms with van der Waals surface area (Å²) < 4.78 is 11.5. The minimum atomic E-state index is -0.615. The van der Waals surface area contributed by atoms with Gasteiger partial charge in [-0.1, -0.05) is 11.6 Å². The molecule has 186 valence electrons. The van der Waals surface area contributed by atoms with Crippen molar-refractivity contribution >= 4 is 50.9 Å². The maximum absolute atomic E-state index is 13.5. The van der Waals surface area contributed by atoms with E-state index in [1.165, 1.54) is 0 Å². The minimum absolute atomic E-state index is 0.000682. The van der Waals surface area contributed by atoms with Gasteiger partial charge >= 0.3 is 0 Å². The Hall–Kier alpha value is -2.72. The minimum Gasteiger partial charge on any atom is -0.380 e. The maximum Gasteiger partial charge on any atom is 0.244 e. The highest BCUT2D eigenvalue weighted by Gasteiger charge is 2.39. The second-order valence-electron chi connectivity index (χ2n) is 9.75. The Kier molecular flexibility index (Phi) is 6.67. The number of carbonyl (C=O) groups excluding carboxylic acids is 2. The molecule has 2 aliphatic rings. The lowest BCUT2D eigenvalue weighted by atomic mass is 10.0. The molecular formula is C25H30ClN5O4. The Labute approximate surface area is 208 Å². The molecule has 2 amide bonds. The van der Waals surface area contributed by atoms with Gasteiger partial charge in [-0.2, -0.15) is 0 Å². The molecular weight excluding hydrogens is 470 g/mol. The van der Waals surface area contributed by atoms with Gasteiger partial charge in [0, 0.05) is 48.2 Å². The molecule has 2 saturated heterocycles. The molecule has 4 heterocycles. The summed E-state index contributed by atoms with van der Waals surface area (Å²) in [6.45, 7) is 7.17. The molecule has 0 spiro atoms. The van der Waals surface area contributed by atoms with Crippen molar-refractivity contribution in [2.75, 3.05) is 51.3 Å². The van der Waals surface area contributed by atoms with Gasteiger partial charge < -0.3 is 24.7 Å². The third-order valence-corrected chi connectivity index (χ3v) is 6.82. The van der Waals surface area contributed by atoms with Crippen LogP contribution >= 0.6 is 11.6 Å². The summed E-state index contributed by atoms with van der Waals surface area (Å²) in [5.74, 6) is -0.243. The second kappa shape index (κ2) is 9.73. The van der Waals surface area contributed by atoms with E-state index in [-0.39, 0.29) is 25.0 Å². The van der Waals surface area contributed by atoms with Crippen molar-refractivity contribution in [3.63, 3.8) is 0 Å². The van der Waals surface area contributed by atoms with Gasteiger partial charge in [-0.3, -0.25) is 19.5 Å². The van der Waals surface area contributed by atoms with Crippen LogP contribution in [0.2, 0.25) is 5.02 Å². The van der Waals surface area contributed by atoms with Crippen LogP contribution in [0.25, 0.3) is 21.8 Å². The molecule has 5 rings (SSSR count). The van der Waals surface area contributed by atoms with Crippen molar-refractivity contribution in [1.82, 2.24) is 19.8 Å². The SMILES string of the molecule is CC1(C)CN(CC(=O)N2CCCOCC2)[C@H](C(=O)Nc2cc(Cl)cc3c2[nH]c2cnccc23)CO1. The summed E-state index contributed by atoms with van der Waals surface area (Å²) in [5.41, 5.74) is 1.74. The zero-order valence-corrected chi connectivity index (χ0v) is 20.7. The summed E-state index contributed by atoms with van der Waals surface area (Å²) in [7, 11) is 0. The first kappa shape index (κ1) is 24.0. The molecule has 2 aliphatic heterocycles. The number of nitrogens with zero attached hydrogens (tertiary/aromatic N) is 3. The Morgan fingerprint density at radius 2 is 2.11 bits per heavy atom. The number of morpholine rings is 1. The molecule has 9 nitrogen and oxygen atoms in total. The van der Waals surface area contributed by atoms with Gasteiger partial charge in [0.2, 0.25) is 11.8 Å². The number of aromatic nitrogens is 2. The highest BCUT2D eigenvalue weighted by molar-refractivity contribution is 6.33. The molecule has 1 atom stereocenters. The molecule has 3 aromatic rings. The predicted molar refractivity (Wildman–Crippen MR) is 135 cm³/mol. The summed E-state index contributed by atoms with van der Waals surface area (Å²) in [6.07, 6.45) is 4.28. The van der Waals surface area contributed by atoms with Gasteiger partial charge in [-0.15, -0.1) is 0 Å². The lowest BCUT2D eigenvalue weighted by Gasteiger charge is -2.43. The van der Waals surface area contributed by atoms with E-state index in [2.05, 4.69) is 15.3 Å². The van der Waals surface area contributed by atoms with Crippen molar-refractivity contribution in [1.29, 1.82) is 0 Å². The summed E-state index contributed by atoms with van der Waals surface area (Å²) in [6, 6.07) is 4.89. The highest BCUT2D eigenvalue weighted by atomic mass is 35.5. The summed E-state index contributed by atoms with van der Waals surface area (Å²) >= 11 is 6.41. The molecule has 0 saturated carbocycles. The number of carbonyl (C=O) groups is 2. The molecule has 0 bridgehead atoms. The predicted octanol–water partition coefficient (Wildman–Crippen LogP) is 3.04. The van der Waals surface area contributed by atoms with Gasteiger partial charge in [-0.25, -0.2) is 0 Å². The Bertz CT molecular complexity index is 1250. The average molecular weight is 500 g/mol. The Balaban J connectivity index is 1.39. The van der Waals surface area contributed by atoms with E-state index in [1.807, 2.05) is 35.8 Å². The molecule has 2 N–H and O–H groups in total. The van der Waals surface area contributed by atoms with Crippen molar-refractivity contribution in [2.45, 2.75) is 31.9 Å². The third kappa shape index (κ3) is 5.13. The first-order chi connectivity index (χ1) is 16.8. The first-order valence-electron chi connectivity index (χ1n) is 11.9. The van der Waals surface area contributed by atoms with Crippen LogP contribution in [0.4, 0.5) is 5.69 Å². The number of amides is 2. The number of ether oxygens (including phenoxy) is 2. The Morgan fingerprint density at radius 3 is 2.97 bits per heavy atom. The van der Waals surface area contributed by atoms with Crippen molar-refractivity contribution < 1.29 is 19.1 Å².